The van der Waals surface area contributed by atoms with Crippen molar-refractivity contribution in [2.45, 2.75) is 76.1 Å². The molecule has 4 bridgehead atoms. The molecule has 0 unspecified atom stereocenters. The maximum atomic E-state index is 13.2. The molecule has 0 saturated heterocycles. The molecule has 2 N–H and O–H groups in total. The van der Waals surface area contributed by atoms with Crippen LogP contribution in [0, 0.1) is 0 Å². The van der Waals surface area contributed by atoms with Crippen LogP contribution in [0.5, 0.6) is 11.5 Å². The maximum absolute atomic E-state index is 13.2. The molecule has 0 radical (unpaired) electrons. The van der Waals surface area contributed by atoms with Crippen LogP contribution in [0.25, 0.3) is 0 Å². The van der Waals surface area contributed by atoms with Gasteiger partial charge in [0.1, 0.15) is 30.8 Å². The number of carbonyl (C=O) groups excluding carboxylic acids is 1. The van der Waals surface area contributed by atoms with E-state index >= 15 is 0 Å². The van der Waals surface area contributed by atoms with Gasteiger partial charge < -0.3 is 19.3 Å². The van der Waals surface area contributed by atoms with E-state index in [1.807, 2.05) is 48.5 Å². The van der Waals surface area contributed by atoms with Gasteiger partial charge in [-0.3, -0.25) is 9.62 Å². The average Bonchev–Trinajstić information content (AvgIpc) is 3.10. The first-order valence-corrected chi connectivity index (χ1v) is 18.0. The lowest BCUT2D eigenvalue weighted by Gasteiger charge is -2.38. The Morgan fingerprint density at radius 1 is 0.959 bits per heavy atom. The van der Waals surface area contributed by atoms with Gasteiger partial charge in [0.15, 0.2) is 0 Å². The summed E-state index contributed by atoms with van der Waals surface area (Å²) in [5, 5.41) is 11.3. The van der Waals surface area contributed by atoms with E-state index in [1.54, 1.807) is 37.3 Å². The minimum absolute atomic E-state index is 0. The van der Waals surface area contributed by atoms with Crippen molar-refractivity contribution < 1.29 is 32.5 Å². The van der Waals surface area contributed by atoms with Crippen molar-refractivity contribution in [3.63, 3.8) is 0 Å². The predicted octanol–water partition coefficient (Wildman–Crippen LogP) is 7.16. The topological polar surface area (TPSA) is 114 Å². The third kappa shape index (κ3) is 9.20. The molecular weight excluding hydrogens is 641 g/mol. The van der Waals surface area contributed by atoms with E-state index in [0.29, 0.717) is 42.7 Å². The fourth-order valence-electron chi connectivity index (χ4n) is 6.53. The molecular formula is C39H46N2O7S. The molecule has 6 rings (SSSR count). The molecule has 1 aliphatic heterocycles. The minimum Gasteiger partial charge on any atom is -0.489 e. The summed E-state index contributed by atoms with van der Waals surface area (Å²) in [6.45, 7) is 3.47. The molecule has 1 heterocycles. The van der Waals surface area contributed by atoms with Crippen molar-refractivity contribution in [1.29, 1.82) is 0 Å². The van der Waals surface area contributed by atoms with Gasteiger partial charge in [-0.1, -0.05) is 62.0 Å². The number of esters is 1. The number of rotatable bonds is 11. The van der Waals surface area contributed by atoms with Crippen LogP contribution in [0.2, 0.25) is 0 Å². The summed E-state index contributed by atoms with van der Waals surface area (Å²) in [5.41, 5.74) is 3.97. The van der Waals surface area contributed by atoms with Gasteiger partial charge >= 0.3 is 5.97 Å². The average molecular weight is 687 g/mol. The first-order valence-electron chi connectivity index (χ1n) is 16.5. The third-order valence-electron chi connectivity index (χ3n) is 9.02. The van der Waals surface area contributed by atoms with Gasteiger partial charge in [0.05, 0.1) is 22.8 Å². The van der Waals surface area contributed by atoms with Crippen LogP contribution < -0.4 is 14.2 Å². The molecule has 1 aliphatic carbocycles. The van der Waals surface area contributed by atoms with Crippen LogP contribution in [0.3, 0.4) is 0 Å². The van der Waals surface area contributed by atoms with Gasteiger partial charge in [-0.25, -0.2) is 13.2 Å². The highest BCUT2D eigenvalue weighted by atomic mass is 32.2. The van der Waals surface area contributed by atoms with Crippen molar-refractivity contribution >= 4 is 21.7 Å². The minimum atomic E-state index is -3.86. The highest BCUT2D eigenvalue weighted by molar-refractivity contribution is 7.92. The monoisotopic (exact) mass is 686 g/mol. The molecule has 9 nitrogen and oxygen atoms in total. The number of fused-ring (bicyclic) bond motifs is 4. The van der Waals surface area contributed by atoms with Crippen LogP contribution in [-0.4, -0.2) is 56.3 Å². The van der Waals surface area contributed by atoms with Crippen LogP contribution >= 0.6 is 0 Å². The van der Waals surface area contributed by atoms with E-state index in [4.69, 9.17) is 14.2 Å². The van der Waals surface area contributed by atoms with Crippen LogP contribution in [0.15, 0.2) is 102 Å². The number of benzene rings is 4. The lowest BCUT2D eigenvalue weighted by atomic mass is 9.81. The summed E-state index contributed by atoms with van der Waals surface area (Å²) in [7, 11) is -3.86. The van der Waals surface area contributed by atoms with E-state index in [1.165, 1.54) is 17.2 Å². The molecule has 10 heteroatoms. The van der Waals surface area contributed by atoms with E-state index in [2.05, 4.69) is 21.8 Å². The second kappa shape index (κ2) is 16.3. The summed E-state index contributed by atoms with van der Waals surface area (Å²) in [5.74, 6) is 0.922. The van der Waals surface area contributed by atoms with Gasteiger partial charge in [-0.15, -0.1) is 0 Å². The van der Waals surface area contributed by atoms with Gasteiger partial charge in [0.2, 0.25) is 0 Å². The van der Waals surface area contributed by atoms with Crippen molar-refractivity contribution in [1.82, 2.24) is 4.90 Å². The largest absolute Gasteiger partial charge is 0.489 e. The smallest absolute Gasteiger partial charge is 0.338 e. The molecule has 2 aliphatic rings. The number of nitrogens with one attached hydrogen (secondary N) is 1. The normalized spacial score (nSPS) is 18.6. The molecule has 0 amide bonds. The Bertz CT molecular complexity index is 1790. The Morgan fingerprint density at radius 2 is 1.71 bits per heavy atom. The molecule has 1 fully saturated rings. The molecule has 0 aromatic heterocycles. The number of sulfonamides is 1. The zero-order chi connectivity index (χ0) is 33.5. The molecule has 0 spiro atoms. The number of hydrogen-bond donors (Lipinski definition) is 2. The Balaban J connectivity index is 0.00000468. The SMILES string of the molecule is C.CCOC(=O)c1ccc(C2CCC(N(Cc3ccccc3)C[C@H](O)COc3ccc4cc3NS(=O)(=O)c3cccc(c3)CO4)CC2)cc1. The fraction of sp³-hybridized carbons (Fsp3) is 0.359. The lowest BCUT2D eigenvalue weighted by Crippen LogP contribution is -2.43. The number of aliphatic hydroxyl groups is 1. The van der Waals surface area contributed by atoms with Crippen molar-refractivity contribution in [2.24, 2.45) is 0 Å². The number of ether oxygens (including phenoxy) is 3. The lowest BCUT2D eigenvalue weighted by molar-refractivity contribution is 0.0386. The Morgan fingerprint density at radius 3 is 2.45 bits per heavy atom. The summed E-state index contributed by atoms with van der Waals surface area (Å²) >= 11 is 0. The molecule has 1 saturated carbocycles. The van der Waals surface area contributed by atoms with Crippen molar-refractivity contribution in [3.8, 4) is 11.5 Å². The molecule has 49 heavy (non-hydrogen) atoms. The van der Waals surface area contributed by atoms with Gasteiger partial charge in [-0.05, 0) is 91.6 Å². The Hall–Kier alpha value is -4.38. The highest BCUT2D eigenvalue weighted by Gasteiger charge is 2.29. The molecule has 1 atom stereocenters. The second-order valence-corrected chi connectivity index (χ2v) is 14.1. The van der Waals surface area contributed by atoms with Crippen molar-refractivity contribution in [2.75, 3.05) is 24.5 Å². The van der Waals surface area contributed by atoms with E-state index in [-0.39, 0.29) is 43.2 Å². The van der Waals surface area contributed by atoms with Gasteiger partial charge in [-0.2, -0.15) is 0 Å². The third-order valence-corrected chi connectivity index (χ3v) is 10.4. The Labute approximate surface area is 289 Å². The summed E-state index contributed by atoms with van der Waals surface area (Å²) in [6.07, 6.45) is 3.13. The second-order valence-electron chi connectivity index (χ2n) is 12.4. The number of nitrogens with zero attached hydrogens (tertiary/aromatic N) is 1. The van der Waals surface area contributed by atoms with Crippen LogP contribution in [0.1, 0.15) is 73.0 Å². The van der Waals surface area contributed by atoms with Crippen molar-refractivity contribution in [3.05, 3.63) is 119 Å². The summed E-state index contributed by atoms with van der Waals surface area (Å²) in [4.78, 5) is 14.6. The number of anilines is 1. The zero-order valence-electron chi connectivity index (χ0n) is 27.1. The molecule has 4 aromatic carbocycles. The summed E-state index contributed by atoms with van der Waals surface area (Å²) in [6, 6.07) is 29.9. The van der Waals surface area contributed by atoms with Gasteiger partial charge in [0.25, 0.3) is 10.0 Å². The molecule has 4 aromatic rings. The first kappa shape index (κ1) is 35.9. The zero-order valence-corrected chi connectivity index (χ0v) is 27.9. The quantitative estimate of drug-likeness (QED) is 0.160. The van der Waals surface area contributed by atoms with E-state index in [9.17, 15) is 18.3 Å². The summed E-state index contributed by atoms with van der Waals surface area (Å²) < 4.78 is 46.0. The maximum Gasteiger partial charge on any atom is 0.338 e. The van der Waals surface area contributed by atoms with E-state index < -0.39 is 16.1 Å². The Kier molecular flexibility index (Phi) is 12.0. The van der Waals surface area contributed by atoms with Gasteiger partial charge in [0, 0.05) is 25.2 Å². The standard InChI is InChI=1S/C38H42N2O7S.CH4/c1-2-45-38(42)31-13-11-29(12-14-31)30-15-17-32(18-16-30)40(23-27-7-4-3-5-8-27)24-33(41)26-47-37-20-19-34-22-36(37)39-48(43,44)35-10-6-9-28(21-35)25-46-34;/h3-14,19-22,30,32-33,39,41H,2,15-18,23-26H2,1H3;1H4/t30?,32?,33-;/m0./s1. The van der Waals surface area contributed by atoms with E-state index in [0.717, 1.165) is 31.2 Å². The van der Waals surface area contributed by atoms with Crippen LogP contribution in [-0.2, 0) is 27.9 Å². The number of aliphatic hydroxyl groups excluding tert-OH is 1. The van der Waals surface area contributed by atoms with Crippen LogP contribution in [0.4, 0.5) is 5.69 Å². The highest BCUT2D eigenvalue weighted by Crippen LogP contribution is 2.36. The molecule has 260 valence electrons. The number of carbonyl (C=O) groups is 1. The fourth-order valence-corrected chi connectivity index (χ4v) is 7.66. The predicted molar refractivity (Wildman–Crippen MR) is 191 cm³/mol. The first-order chi connectivity index (χ1) is 23.3. The number of hydrogen-bond acceptors (Lipinski definition) is 8.